The van der Waals surface area contributed by atoms with Crippen molar-refractivity contribution >= 4 is 20.2 Å². The Labute approximate surface area is 509 Å². The van der Waals surface area contributed by atoms with Crippen molar-refractivity contribution in [1.82, 2.24) is 0 Å². The Balaban J connectivity index is 0.000000794. The molecule has 90 heavy (non-hydrogen) atoms. The molecule has 14 bridgehead atoms. The van der Waals surface area contributed by atoms with E-state index in [1.807, 2.05) is 0 Å². The molecule has 37 atom stereocenters. The molecule has 0 amide bonds. The largest absolute Gasteiger partial charge is 0.394 e. The van der Waals surface area contributed by atoms with Crippen molar-refractivity contribution in [3.63, 3.8) is 0 Å². The third-order valence-electron chi connectivity index (χ3n) is 16.0. The quantitative estimate of drug-likeness (QED) is 0.0854. The van der Waals surface area contributed by atoms with Gasteiger partial charge in [0.15, 0.2) is 54.9 Å². The molecular weight excluding hydrogens is 1290 g/mol. The summed E-state index contributed by atoms with van der Waals surface area (Å²) >= 11 is 0. The third-order valence-corrected chi connectivity index (χ3v) is 17.9. The van der Waals surface area contributed by atoms with Gasteiger partial charge in [-0.15, -0.1) is 0 Å². The van der Waals surface area contributed by atoms with Crippen LogP contribution in [0, 0.1) is 0 Å². The SMILES string of the molecule is CC(OC(C)S(=O)(=O)O)S(=O)(=O)O.OC[C@H]1O[C@@H]2O[C@H]3[C@H](O)[C@@H](O)[C@@H](O[C@H]4[C@H](O)[C@@H](O)[C@@H](O[C@H]5[C@H](O)[C@@H](O)[C@@H](O[C@H]6[C@H](O)[C@@H](O)[C@@H](O[C@H]7[C@H](O)[C@@H](O)[C@@H](O[C@H]8[C@H](O)[C@@H](O)[C@@H](O[C@H]1[C@H](O)[C@H]2O)O[C@@H]8CO)O[C@@H]7CO)O[C@@H]6CO)O[C@@H]5CO)O[C@@H]4CO)O[C@@H]3CO. The molecule has 23 N–H and O–H groups in total. The van der Waals surface area contributed by atoms with E-state index >= 15 is 0 Å². The van der Waals surface area contributed by atoms with Crippen molar-refractivity contribution in [2.45, 2.75) is 240 Å². The zero-order valence-corrected chi connectivity index (χ0v) is 48.8. The standard InChI is InChI=1S/C42H70O35.C4H10O7S2/c43-1-8-29-15(50)22(57)36(64-8)72-30-9(2-44)66-38(24(59)17(30)52)74-32-11(4-46)68-40(26(61)19(32)54)76-34-13(6-48)70-42(28(63)21(34)56)77-35-14(7-49)69-41(27(62)20(35)55)75-33-12(5-47)67-39(25(60)18(33)53)73-31-10(3-45)65-37(71-29)23(58)16(31)51;1-3(12(5,6)7)11-4(2)13(8,9)10/h8-63H,1-7H2;3-4H,1-2H3,(H,5,6,7)(H,8,9,10)/t8-,9-,10-,11-,12-,13-,14-,15-,16-,17-,18-,19-,20-,21-,22-,23-,24-,25-,26-,27-,28-,29-,30-,31-,32-,33-,34-,35-,36-,37-,38-,39-,40-,41-,42-;/m1./s1. The number of aliphatic hydroxyl groups excluding tert-OH is 21. The van der Waals surface area contributed by atoms with Crippen LogP contribution in [0.5, 0.6) is 0 Å². The molecule has 44 heteroatoms. The van der Waals surface area contributed by atoms with Gasteiger partial charge in [-0.25, -0.2) is 0 Å². The Morgan fingerprint density at radius 2 is 0.378 bits per heavy atom. The Bertz CT molecular complexity index is 2040. The maximum Gasteiger partial charge on any atom is 0.292 e. The van der Waals surface area contributed by atoms with Crippen LogP contribution in [0.15, 0.2) is 0 Å². The molecule has 21 aliphatic rings. The van der Waals surface area contributed by atoms with E-state index < -0.39 is 292 Å². The van der Waals surface area contributed by atoms with Gasteiger partial charge in [0.2, 0.25) is 0 Å². The summed E-state index contributed by atoms with van der Waals surface area (Å²) in [6, 6.07) is 0. The minimum atomic E-state index is -4.46. The van der Waals surface area contributed by atoms with Crippen molar-refractivity contribution in [3.05, 3.63) is 0 Å². The van der Waals surface area contributed by atoms with Crippen molar-refractivity contribution in [2.24, 2.45) is 0 Å². The Morgan fingerprint density at radius 1 is 0.256 bits per heavy atom. The summed E-state index contributed by atoms with van der Waals surface area (Å²) in [6.45, 7) is -5.44. The summed E-state index contributed by atoms with van der Waals surface area (Å²) in [5, 5.41) is 230. The zero-order chi connectivity index (χ0) is 66.9. The van der Waals surface area contributed by atoms with Crippen LogP contribution >= 0.6 is 0 Å². The van der Waals surface area contributed by atoms with E-state index in [1.165, 1.54) is 0 Å². The van der Waals surface area contributed by atoms with Crippen molar-refractivity contribution in [3.8, 4) is 0 Å². The second-order valence-electron chi connectivity index (χ2n) is 22.0. The first-order chi connectivity index (χ1) is 42.2. The molecule has 0 spiro atoms. The highest BCUT2D eigenvalue weighted by Gasteiger charge is 2.59. The summed E-state index contributed by atoms with van der Waals surface area (Å²) in [4.78, 5) is 0. The average molecular weight is 1370 g/mol. The summed E-state index contributed by atoms with van der Waals surface area (Å²) in [5.41, 5.74) is -3.41. The van der Waals surface area contributed by atoms with Crippen LogP contribution in [0.3, 0.4) is 0 Å². The molecule has 0 aliphatic carbocycles. The van der Waals surface area contributed by atoms with Crippen LogP contribution in [0.1, 0.15) is 13.8 Å². The number of rotatable bonds is 11. The van der Waals surface area contributed by atoms with E-state index in [0.717, 1.165) is 13.8 Å². The minimum Gasteiger partial charge on any atom is -0.394 e. The number of ether oxygens (including phenoxy) is 15. The molecule has 21 fully saturated rings. The fourth-order valence-electron chi connectivity index (χ4n) is 10.8. The monoisotopic (exact) mass is 1370 g/mol. The topological polar surface area (TPSA) is 672 Å². The van der Waals surface area contributed by atoms with Gasteiger partial charge in [0.1, 0.15) is 171 Å². The van der Waals surface area contributed by atoms with Gasteiger partial charge in [-0.2, -0.15) is 16.8 Å². The van der Waals surface area contributed by atoms with E-state index in [0.29, 0.717) is 0 Å². The summed E-state index contributed by atoms with van der Waals surface area (Å²) in [5.74, 6) is 0. The van der Waals surface area contributed by atoms with Gasteiger partial charge in [-0.1, -0.05) is 0 Å². The second-order valence-corrected chi connectivity index (χ2v) is 25.3. The fourth-order valence-corrected chi connectivity index (χ4v) is 11.5. The highest BCUT2D eigenvalue weighted by atomic mass is 32.2. The molecule has 42 nitrogen and oxygen atoms in total. The lowest BCUT2D eigenvalue weighted by Crippen LogP contribution is -2.68. The summed E-state index contributed by atoms with van der Waals surface area (Å²) in [7, 11) is -8.91. The Kier molecular flexibility index (Phi) is 26.7. The van der Waals surface area contributed by atoms with Gasteiger partial charge >= 0.3 is 0 Å². The van der Waals surface area contributed by atoms with Crippen molar-refractivity contribution in [2.75, 3.05) is 46.2 Å². The van der Waals surface area contributed by atoms with E-state index in [4.69, 9.17) is 75.4 Å². The molecule has 0 aromatic carbocycles. The second kappa shape index (κ2) is 31.7. The van der Waals surface area contributed by atoms with Crippen LogP contribution in [0.25, 0.3) is 0 Å². The third kappa shape index (κ3) is 16.3. The smallest absolute Gasteiger partial charge is 0.292 e. The van der Waals surface area contributed by atoms with Gasteiger partial charge in [0.05, 0.1) is 46.2 Å². The van der Waals surface area contributed by atoms with E-state index in [1.54, 1.807) is 0 Å². The first-order valence-electron chi connectivity index (χ1n) is 27.7. The molecule has 0 aromatic heterocycles. The van der Waals surface area contributed by atoms with Gasteiger partial charge in [0.25, 0.3) is 20.2 Å². The zero-order valence-electron chi connectivity index (χ0n) is 47.2. The molecule has 21 heterocycles. The van der Waals surface area contributed by atoms with Gasteiger partial charge in [-0.3, -0.25) is 9.11 Å². The van der Waals surface area contributed by atoms with Gasteiger partial charge in [-0.05, 0) is 13.8 Å². The lowest BCUT2D eigenvalue weighted by Gasteiger charge is -2.50. The minimum absolute atomic E-state index is 0.941. The van der Waals surface area contributed by atoms with Crippen LogP contribution in [0.4, 0.5) is 0 Å². The first-order valence-corrected chi connectivity index (χ1v) is 30.8. The highest BCUT2D eigenvalue weighted by molar-refractivity contribution is 7.87. The van der Waals surface area contributed by atoms with Gasteiger partial charge in [0, 0.05) is 0 Å². The van der Waals surface area contributed by atoms with Crippen LogP contribution in [0.2, 0.25) is 0 Å². The van der Waals surface area contributed by atoms with Gasteiger partial charge < -0.3 is 178 Å². The summed E-state index contributed by atoms with van der Waals surface area (Å²) in [6.07, 6.45) is -70.2. The lowest BCUT2D eigenvalue weighted by molar-refractivity contribution is -0.396. The lowest BCUT2D eigenvalue weighted by atomic mass is 9.95. The number of aliphatic hydroxyl groups is 21. The van der Waals surface area contributed by atoms with Crippen LogP contribution in [-0.2, 0) is 91.3 Å². The molecule has 21 saturated heterocycles. The maximum atomic E-state index is 11.3. The predicted octanol–water partition coefficient (Wildman–Crippen LogP) is -15.8. The molecular formula is C46H80O42S2. The predicted molar refractivity (Wildman–Crippen MR) is 272 cm³/mol. The number of hydrogen-bond acceptors (Lipinski definition) is 40. The molecule has 528 valence electrons. The number of hydrogen-bond donors (Lipinski definition) is 23. The fraction of sp³-hybridized carbons (Fsp3) is 1.00. The highest BCUT2D eigenvalue weighted by Crippen LogP contribution is 2.39. The molecule has 2 unspecified atom stereocenters. The first kappa shape index (κ1) is 75.8. The van der Waals surface area contributed by atoms with Crippen molar-refractivity contribution < 1.29 is 204 Å². The van der Waals surface area contributed by atoms with E-state index in [2.05, 4.69) is 4.74 Å². The average Bonchev–Trinajstić information content (AvgIpc) is 0.798. The Hall–Kier alpha value is -1.62. The normalized spacial score (nSPS) is 50.0. The molecule has 21 rings (SSSR count). The molecule has 21 aliphatic heterocycles. The molecule has 0 radical (unpaired) electrons. The van der Waals surface area contributed by atoms with Crippen LogP contribution < -0.4 is 0 Å². The maximum absolute atomic E-state index is 11.3. The van der Waals surface area contributed by atoms with E-state index in [9.17, 15) is 124 Å². The van der Waals surface area contributed by atoms with Crippen molar-refractivity contribution in [1.29, 1.82) is 0 Å². The van der Waals surface area contributed by atoms with E-state index in [-0.39, 0.29) is 0 Å². The summed E-state index contributed by atoms with van der Waals surface area (Å²) < 4.78 is 142. The van der Waals surface area contributed by atoms with Crippen LogP contribution in [-0.4, -0.2) is 405 Å². The Morgan fingerprint density at radius 3 is 0.478 bits per heavy atom. The molecule has 0 aromatic rings. The molecule has 0 saturated carbocycles.